The summed E-state index contributed by atoms with van der Waals surface area (Å²) in [5, 5.41) is 3.07. The predicted molar refractivity (Wildman–Crippen MR) is 112 cm³/mol. The Balaban J connectivity index is 2.00. The third-order valence-corrected chi connectivity index (χ3v) is 7.95. The van der Waals surface area contributed by atoms with Crippen molar-refractivity contribution in [2.45, 2.75) is 59.9 Å². The first-order valence-electron chi connectivity index (χ1n) is 10.2. The number of carbonyl (C=O) groups is 1. The highest BCUT2D eigenvalue weighted by Crippen LogP contribution is 2.43. The molecular weight excluding hydrogens is 529 g/mol. The molecule has 0 radical (unpaired) electrons. The number of hydrogen-bond donors (Lipinski definition) is 1. The van der Waals surface area contributed by atoms with Gasteiger partial charge in [-0.1, -0.05) is 25.6 Å². The molecule has 2 nitrogen and oxygen atoms in total. The van der Waals surface area contributed by atoms with Gasteiger partial charge in [-0.2, -0.15) is 0 Å². The molecule has 0 spiro atoms. The number of halogens is 9. The standard InChI is InChI=1S/C22H18F9NOS2/c1-7(2)21(33)22(5-4-8(3)32-22)6-34-18-14(28)16(30)20(17(31)15(18)29)35-19-12(26)10(24)9(23)11(25)13(19)27/h7-8,32H,4-6H2,1-3H3. The van der Waals surface area contributed by atoms with E-state index in [9.17, 15) is 44.3 Å². The average molecular weight is 548 g/mol. The second-order valence-electron chi connectivity index (χ2n) is 8.39. The van der Waals surface area contributed by atoms with Crippen LogP contribution in [0.1, 0.15) is 33.6 Å². The second kappa shape index (κ2) is 10.3. The minimum absolute atomic E-state index is 0.0958. The topological polar surface area (TPSA) is 29.1 Å². The summed E-state index contributed by atoms with van der Waals surface area (Å²) in [6, 6.07) is -0.0958. The van der Waals surface area contributed by atoms with E-state index in [4.69, 9.17) is 0 Å². The first kappa shape index (κ1) is 27.7. The molecule has 0 aromatic heterocycles. The van der Waals surface area contributed by atoms with Crippen LogP contribution in [-0.2, 0) is 4.79 Å². The zero-order chi connectivity index (χ0) is 26.4. The third-order valence-electron chi connectivity index (χ3n) is 5.54. The molecule has 0 saturated carbocycles. The molecule has 0 aliphatic carbocycles. The molecule has 192 valence electrons. The fraction of sp³-hybridized carbons (Fsp3) is 0.409. The normalized spacial score (nSPS) is 20.2. The molecule has 1 saturated heterocycles. The maximum absolute atomic E-state index is 14.7. The molecule has 0 bridgehead atoms. The van der Waals surface area contributed by atoms with Crippen LogP contribution < -0.4 is 5.32 Å². The molecule has 1 aliphatic heterocycles. The molecule has 0 amide bonds. The molecule has 1 fully saturated rings. The first-order valence-corrected chi connectivity index (χ1v) is 12.0. The Labute approximate surface area is 203 Å². The number of benzene rings is 2. The van der Waals surface area contributed by atoms with E-state index in [0.29, 0.717) is 24.6 Å². The molecule has 3 rings (SSSR count). The van der Waals surface area contributed by atoms with Crippen LogP contribution in [0.4, 0.5) is 39.5 Å². The van der Waals surface area contributed by atoms with Crippen molar-refractivity contribution in [1.82, 2.24) is 5.32 Å². The molecule has 1 heterocycles. The van der Waals surface area contributed by atoms with Gasteiger partial charge in [-0.05, 0) is 19.8 Å². The smallest absolute Gasteiger partial charge is 0.200 e. The second-order valence-corrected chi connectivity index (χ2v) is 10.4. The van der Waals surface area contributed by atoms with Gasteiger partial charge in [0, 0.05) is 17.7 Å². The lowest BCUT2D eigenvalue weighted by atomic mass is 9.87. The zero-order valence-corrected chi connectivity index (χ0v) is 20.0. The number of ketones is 1. The van der Waals surface area contributed by atoms with Crippen LogP contribution in [0.15, 0.2) is 14.7 Å². The fourth-order valence-electron chi connectivity index (χ4n) is 3.79. The fourth-order valence-corrected chi connectivity index (χ4v) is 5.90. The Kier molecular flexibility index (Phi) is 8.12. The number of carbonyl (C=O) groups excluding carboxylic acids is 1. The van der Waals surface area contributed by atoms with Gasteiger partial charge < -0.3 is 5.32 Å². The summed E-state index contributed by atoms with van der Waals surface area (Å²) < 4.78 is 127. The van der Waals surface area contributed by atoms with Crippen LogP contribution in [0.2, 0.25) is 0 Å². The van der Waals surface area contributed by atoms with Crippen molar-refractivity contribution in [3.05, 3.63) is 52.4 Å². The van der Waals surface area contributed by atoms with E-state index in [0.717, 1.165) is 0 Å². The van der Waals surface area contributed by atoms with Crippen LogP contribution in [0, 0.1) is 58.3 Å². The van der Waals surface area contributed by atoms with Crippen molar-refractivity contribution in [1.29, 1.82) is 0 Å². The SMILES string of the molecule is CC1CCC(CSc2c(F)c(F)c(Sc3c(F)c(F)c(F)c(F)c3F)c(F)c2F)(C(=O)C(C)C)N1. The molecule has 1 N–H and O–H groups in total. The van der Waals surface area contributed by atoms with Gasteiger partial charge in [0.25, 0.3) is 0 Å². The molecule has 1 aliphatic rings. The highest BCUT2D eigenvalue weighted by molar-refractivity contribution is 7.99. The van der Waals surface area contributed by atoms with Gasteiger partial charge >= 0.3 is 0 Å². The number of nitrogens with one attached hydrogen (secondary N) is 1. The van der Waals surface area contributed by atoms with Crippen molar-refractivity contribution in [3.8, 4) is 0 Å². The predicted octanol–water partition coefficient (Wildman–Crippen LogP) is 6.92. The number of Topliss-reactive ketones (excluding diaryl/α,β-unsaturated/α-hetero) is 1. The van der Waals surface area contributed by atoms with Crippen molar-refractivity contribution in [3.63, 3.8) is 0 Å². The summed E-state index contributed by atoms with van der Waals surface area (Å²) >= 11 is -0.349. The Morgan fingerprint density at radius 1 is 0.800 bits per heavy atom. The maximum Gasteiger partial charge on any atom is 0.200 e. The number of thioether (sulfide) groups is 1. The monoisotopic (exact) mass is 547 g/mol. The van der Waals surface area contributed by atoms with Gasteiger partial charge in [0.2, 0.25) is 5.82 Å². The average Bonchev–Trinajstić information content (AvgIpc) is 3.20. The summed E-state index contributed by atoms with van der Waals surface area (Å²) in [4.78, 5) is 8.27. The molecular formula is C22H18F9NOS2. The maximum atomic E-state index is 14.7. The minimum atomic E-state index is -2.51. The highest BCUT2D eigenvalue weighted by atomic mass is 32.2. The minimum Gasteiger partial charge on any atom is -0.302 e. The van der Waals surface area contributed by atoms with E-state index < -0.39 is 90.3 Å². The molecule has 2 aromatic carbocycles. The summed E-state index contributed by atoms with van der Waals surface area (Å²) in [6.07, 6.45) is 0.894. The third kappa shape index (κ3) is 4.91. The summed E-state index contributed by atoms with van der Waals surface area (Å²) in [7, 11) is 0. The zero-order valence-electron chi connectivity index (χ0n) is 18.4. The first-order chi connectivity index (χ1) is 16.2. The Morgan fingerprint density at radius 3 is 1.60 bits per heavy atom. The Bertz CT molecular complexity index is 1130. The van der Waals surface area contributed by atoms with Gasteiger partial charge in [0.15, 0.2) is 52.3 Å². The van der Waals surface area contributed by atoms with Crippen LogP contribution in [-0.4, -0.2) is 23.1 Å². The van der Waals surface area contributed by atoms with Gasteiger partial charge in [-0.3, -0.25) is 4.79 Å². The van der Waals surface area contributed by atoms with E-state index in [-0.39, 0.29) is 17.6 Å². The van der Waals surface area contributed by atoms with Crippen molar-refractivity contribution < 1.29 is 44.3 Å². The van der Waals surface area contributed by atoms with Crippen molar-refractivity contribution >= 4 is 29.3 Å². The lowest BCUT2D eigenvalue weighted by Gasteiger charge is -2.30. The Morgan fingerprint density at radius 2 is 1.20 bits per heavy atom. The molecule has 35 heavy (non-hydrogen) atoms. The summed E-state index contributed by atoms with van der Waals surface area (Å²) in [5.41, 5.74) is -1.20. The lowest BCUT2D eigenvalue weighted by molar-refractivity contribution is -0.127. The van der Waals surface area contributed by atoms with Crippen molar-refractivity contribution in [2.75, 3.05) is 5.75 Å². The van der Waals surface area contributed by atoms with Gasteiger partial charge in [-0.25, -0.2) is 39.5 Å². The molecule has 2 aromatic rings. The van der Waals surface area contributed by atoms with E-state index in [1.54, 1.807) is 20.8 Å². The molecule has 2 unspecified atom stereocenters. The molecule has 2 atom stereocenters. The van der Waals surface area contributed by atoms with Crippen LogP contribution in [0.25, 0.3) is 0 Å². The van der Waals surface area contributed by atoms with Gasteiger partial charge in [-0.15, -0.1) is 11.8 Å². The number of hydrogen-bond acceptors (Lipinski definition) is 4. The number of rotatable bonds is 7. The van der Waals surface area contributed by atoms with E-state index in [1.807, 2.05) is 0 Å². The summed E-state index contributed by atoms with van der Waals surface area (Å²) in [5.74, 6) is -21.1. The van der Waals surface area contributed by atoms with Gasteiger partial charge in [0.1, 0.15) is 0 Å². The van der Waals surface area contributed by atoms with Crippen LogP contribution >= 0.6 is 23.5 Å². The van der Waals surface area contributed by atoms with E-state index in [1.165, 1.54) is 0 Å². The van der Waals surface area contributed by atoms with Gasteiger partial charge in [0.05, 0.1) is 20.2 Å². The largest absolute Gasteiger partial charge is 0.302 e. The van der Waals surface area contributed by atoms with Crippen molar-refractivity contribution in [2.24, 2.45) is 5.92 Å². The lowest BCUT2D eigenvalue weighted by Crippen LogP contribution is -2.53. The van der Waals surface area contributed by atoms with Crippen LogP contribution in [0.3, 0.4) is 0 Å². The quantitative estimate of drug-likeness (QED) is 0.176. The van der Waals surface area contributed by atoms with E-state index >= 15 is 0 Å². The van der Waals surface area contributed by atoms with Crippen LogP contribution in [0.5, 0.6) is 0 Å². The summed E-state index contributed by atoms with van der Waals surface area (Å²) in [6.45, 7) is 5.06. The highest BCUT2D eigenvalue weighted by Gasteiger charge is 2.44. The van der Waals surface area contributed by atoms with E-state index in [2.05, 4.69) is 5.32 Å². The molecule has 13 heteroatoms. The Hall–Kier alpha value is -1.86.